The summed E-state index contributed by atoms with van der Waals surface area (Å²) in [6.45, 7) is 10.1. The largest absolute Gasteiger partial charge is 0.497 e. The molecule has 0 aliphatic carbocycles. The first-order valence-corrected chi connectivity index (χ1v) is 15.7. The SMILES string of the molecule is COc1ccc(C[C@@H](C(=O)O[C@H](C)C(NC(=O)[C@@H](CC(C)C)N(C)C(=O)OCc2ccccc2)C(=O)O)N(C)C(=O)OC(C)(C)C)cc1. The zero-order chi connectivity index (χ0) is 36.2. The number of nitrogens with one attached hydrogen (secondary N) is 1. The van der Waals surface area contributed by atoms with E-state index in [1.54, 1.807) is 69.3 Å². The molecule has 2 rings (SSSR count). The van der Waals surface area contributed by atoms with E-state index in [-0.39, 0.29) is 25.4 Å². The third-order valence-electron chi connectivity index (χ3n) is 7.30. The molecule has 4 atom stereocenters. The minimum Gasteiger partial charge on any atom is -0.497 e. The highest BCUT2D eigenvalue weighted by Gasteiger charge is 2.38. The number of carbonyl (C=O) groups is 5. The van der Waals surface area contributed by atoms with Crippen molar-refractivity contribution in [3.8, 4) is 5.75 Å². The van der Waals surface area contributed by atoms with Crippen LogP contribution in [0.25, 0.3) is 0 Å². The van der Waals surface area contributed by atoms with Gasteiger partial charge in [0, 0.05) is 20.5 Å². The maximum atomic E-state index is 13.6. The topological polar surface area (TPSA) is 161 Å². The third kappa shape index (κ3) is 12.4. The molecule has 264 valence electrons. The summed E-state index contributed by atoms with van der Waals surface area (Å²) < 4.78 is 21.6. The van der Waals surface area contributed by atoms with Crippen LogP contribution in [0.3, 0.4) is 0 Å². The molecule has 0 fully saturated rings. The molecule has 48 heavy (non-hydrogen) atoms. The van der Waals surface area contributed by atoms with E-state index >= 15 is 0 Å². The maximum Gasteiger partial charge on any atom is 0.410 e. The highest BCUT2D eigenvalue weighted by atomic mass is 16.6. The van der Waals surface area contributed by atoms with Gasteiger partial charge >= 0.3 is 24.1 Å². The lowest BCUT2D eigenvalue weighted by molar-refractivity contribution is -0.160. The van der Waals surface area contributed by atoms with Gasteiger partial charge in [-0.05, 0) is 63.3 Å². The Hall–Kier alpha value is -4.81. The van der Waals surface area contributed by atoms with E-state index in [9.17, 15) is 29.1 Å². The molecule has 0 heterocycles. The summed E-state index contributed by atoms with van der Waals surface area (Å²) in [5.41, 5.74) is 0.579. The predicted octanol–water partition coefficient (Wildman–Crippen LogP) is 4.66. The number of ether oxygens (including phenoxy) is 4. The van der Waals surface area contributed by atoms with Gasteiger partial charge in [0.15, 0.2) is 6.04 Å². The molecule has 0 saturated carbocycles. The first kappa shape index (κ1) is 39.4. The molecule has 0 aromatic heterocycles. The van der Waals surface area contributed by atoms with Crippen molar-refractivity contribution in [3.05, 3.63) is 65.7 Å². The average molecular weight is 672 g/mol. The van der Waals surface area contributed by atoms with Crippen LogP contribution < -0.4 is 10.1 Å². The highest BCUT2D eigenvalue weighted by Crippen LogP contribution is 2.19. The summed E-state index contributed by atoms with van der Waals surface area (Å²) in [5, 5.41) is 12.5. The van der Waals surface area contributed by atoms with Crippen LogP contribution in [-0.4, -0.2) is 96.0 Å². The monoisotopic (exact) mass is 671 g/mol. The number of hydrogen-bond acceptors (Lipinski definition) is 9. The minimum absolute atomic E-state index is 0.0137. The smallest absolute Gasteiger partial charge is 0.410 e. The standard InChI is InChI=1S/C35H49N3O10/c1-22(2)19-27(37(7)33(43)46-21-25-13-11-10-12-14-25)30(39)36-29(31(40)41)23(3)47-32(42)28(38(8)34(44)48-35(4,5)6)20-24-15-17-26(45-9)18-16-24/h10-18,22-23,27-29H,19-21H2,1-9H3,(H,36,39)(H,40,41)/t23-,27-,28+,29?/m1/s1. The number of rotatable bonds is 15. The molecule has 0 aliphatic rings. The van der Waals surface area contributed by atoms with Crippen LogP contribution in [0.5, 0.6) is 5.75 Å². The van der Waals surface area contributed by atoms with Gasteiger partial charge in [-0.1, -0.05) is 56.3 Å². The number of carbonyl (C=O) groups excluding carboxylic acids is 4. The van der Waals surface area contributed by atoms with E-state index in [1.165, 1.54) is 28.1 Å². The molecular weight excluding hydrogens is 622 g/mol. The minimum atomic E-state index is -1.68. The number of esters is 1. The fourth-order valence-electron chi connectivity index (χ4n) is 4.62. The van der Waals surface area contributed by atoms with Gasteiger partial charge in [-0.2, -0.15) is 0 Å². The molecule has 2 aromatic carbocycles. The predicted molar refractivity (Wildman–Crippen MR) is 177 cm³/mol. The Balaban J connectivity index is 2.25. The van der Waals surface area contributed by atoms with Gasteiger partial charge in [-0.3, -0.25) is 14.6 Å². The summed E-state index contributed by atoms with van der Waals surface area (Å²) in [7, 11) is 4.30. The number of aliphatic carboxylic acids is 1. The van der Waals surface area contributed by atoms with Crippen molar-refractivity contribution in [1.29, 1.82) is 0 Å². The molecular formula is C35H49N3O10. The number of hydrogen-bond donors (Lipinski definition) is 2. The second kappa shape index (κ2) is 17.9. The molecule has 0 spiro atoms. The summed E-state index contributed by atoms with van der Waals surface area (Å²) in [5.74, 6) is -2.59. The molecule has 13 nitrogen and oxygen atoms in total. The summed E-state index contributed by atoms with van der Waals surface area (Å²) in [6, 6.07) is 11.9. The fourth-order valence-corrected chi connectivity index (χ4v) is 4.62. The van der Waals surface area contributed by atoms with Crippen LogP contribution in [0.4, 0.5) is 9.59 Å². The Morgan fingerprint density at radius 2 is 1.42 bits per heavy atom. The third-order valence-corrected chi connectivity index (χ3v) is 7.30. The van der Waals surface area contributed by atoms with E-state index in [0.717, 1.165) is 15.4 Å². The summed E-state index contributed by atoms with van der Waals surface area (Å²) in [4.78, 5) is 67.6. The molecule has 2 aromatic rings. The van der Waals surface area contributed by atoms with Crippen molar-refractivity contribution in [2.45, 2.75) is 90.8 Å². The van der Waals surface area contributed by atoms with Crippen molar-refractivity contribution < 1.29 is 48.0 Å². The first-order valence-electron chi connectivity index (χ1n) is 15.7. The normalized spacial score (nSPS) is 13.7. The summed E-state index contributed by atoms with van der Waals surface area (Å²) in [6.07, 6.45) is -2.71. The quantitative estimate of drug-likeness (QED) is 0.201. The lowest BCUT2D eigenvalue weighted by Crippen LogP contribution is -2.56. The van der Waals surface area contributed by atoms with Crippen LogP contribution in [0.2, 0.25) is 0 Å². The number of methoxy groups -OCH3 is 1. The van der Waals surface area contributed by atoms with Crippen LogP contribution in [0.1, 0.15) is 59.1 Å². The fraction of sp³-hybridized carbons (Fsp3) is 0.514. The summed E-state index contributed by atoms with van der Waals surface area (Å²) >= 11 is 0. The zero-order valence-corrected chi connectivity index (χ0v) is 29.2. The molecule has 3 amide bonds. The number of carboxylic acids is 1. The van der Waals surface area contributed by atoms with E-state index in [4.69, 9.17) is 18.9 Å². The van der Waals surface area contributed by atoms with Crippen molar-refractivity contribution in [2.24, 2.45) is 5.92 Å². The van der Waals surface area contributed by atoms with Crippen molar-refractivity contribution >= 4 is 30.0 Å². The average Bonchev–Trinajstić information content (AvgIpc) is 3.02. The molecule has 1 unspecified atom stereocenters. The molecule has 0 bridgehead atoms. The molecule has 2 N–H and O–H groups in total. The van der Waals surface area contributed by atoms with E-state index in [0.29, 0.717) is 11.3 Å². The zero-order valence-electron chi connectivity index (χ0n) is 29.2. The van der Waals surface area contributed by atoms with Gasteiger partial charge in [0.05, 0.1) is 7.11 Å². The maximum absolute atomic E-state index is 13.6. The number of likely N-dealkylation sites (N-methyl/N-ethyl adjacent to an activating group) is 2. The highest BCUT2D eigenvalue weighted by molar-refractivity contribution is 5.90. The Bertz CT molecular complexity index is 1380. The molecule has 13 heteroatoms. The van der Waals surface area contributed by atoms with E-state index in [2.05, 4.69) is 5.32 Å². The van der Waals surface area contributed by atoms with Gasteiger partial charge in [0.2, 0.25) is 5.91 Å². The van der Waals surface area contributed by atoms with Gasteiger partial charge < -0.3 is 29.4 Å². The molecule has 0 aliphatic heterocycles. The number of amides is 3. The van der Waals surface area contributed by atoms with E-state index < -0.39 is 59.9 Å². The van der Waals surface area contributed by atoms with Crippen LogP contribution in [0, 0.1) is 5.92 Å². The van der Waals surface area contributed by atoms with Gasteiger partial charge in [0.1, 0.15) is 36.1 Å². The lowest BCUT2D eigenvalue weighted by atomic mass is 10.0. The molecule has 0 radical (unpaired) electrons. The van der Waals surface area contributed by atoms with Crippen molar-refractivity contribution in [2.75, 3.05) is 21.2 Å². The van der Waals surface area contributed by atoms with Crippen LogP contribution >= 0.6 is 0 Å². The van der Waals surface area contributed by atoms with Gasteiger partial charge in [-0.15, -0.1) is 0 Å². The Morgan fingerprint density at radius 1 is 0.833 bits per heavy atom. The van der Waals surface area contributed by atoms with Gasteiger partial charge in [-0.25, -0.2) is 19.2 Å². The Labute approximate surface area is 282 Å². The van der Waals surface area contributed by atoms with Crippen molar-refractivity contribution in [1.82, 2.24) is 15.1 Å². The second-order valence-corrected chi connectivity index (χ2v) is 12.9. The van der Waals surface area contributed by atoms with Crippen molar-refractivity contribution in [3.63, 3.8) is 0 Å². The number of benzene rings is 2. The van der Waals surface area contributed by atoms with E-state index in [1.807, 2.05) is 19.9 Å². The first-order chi connectivity index (χ1) is 22.4. The van der Waals surface area contributed by atoms with Crippen LogP contribution in [0.15, 0.2) is 54.6 Å². The lowest BCUT2D eigenvalue weighted by Gasteiger charge is -2.32. The molecule has 0 saturated heterocycles. The Morgan fingerprint density at radius 3 is 1.94 bits per heavy atom. The number of carboxylic acid groups (broad SMARTS) is 1. The second-order valence-electron chi connectivity index (χ2n) is 12.9. The van der Waals surface area contributed by atoms with Gasteiger partial charge in [0.25, 0.3) is 0 Å². The Kier molecular flexibility index (Phi) is 14.7. The number of nitrogens with zero attached hydrogens (tertiary/aromatic N) is 2. The van der Waals surface area contributed by atoms with Crippen LogP contribution in [-0.2, 0) is 41.6 Å².